The van der Waals surface area contributed by atoms with Crippen LogP contribution >= 0.6 is 0 Å². The number of aliphatic carboxylic acids is 1. The summed E-state index contributed by atoms with van der Waals surface area (Å²) in [7, 11) is 0. The molecule has 1 amide bonds. The number of ether oxygens (including phenoxy) is 2. The summed E-state index contributed by atoms with van der Waals surface area (Å²) < 4.78 is 10.2. The number of carboxylic acid groups (broad SMARTS) is 1. The number of primary amides is 1. The average molecular weight is 313 g/mol. The van der Waals surface area contributed by atoms with Crippen LogP contribution in [-0.2, 0) is 9.53 Å². The normalized spacial score (nSPS) is 31.5. The molecule has 5 atom stereocenters. The van der Waals surface area contributed by atoms with Crippen molar-refractivity contribution in [2.45, 2.75) is 30.7 Å². The second kappa shape index (κ2) is 6.28. The topological polar surface area (TPSA) is 160 Å². The van der Waals surface area contributed by atoms with Crippen LogP contribution in [-0.4, -0.2) is 63.0 Å². The Bertz CT molecular complexity index is 560. The lowest BCUT2D eigenvalue weighted by molar-refractivity contribution is -0.271. The van der Waals surface area contributed by atoms with E-state index in [1.165, 1.54) is 24.3 Å². The van der Waals surface area contributed by atoms with Gasteiger partial charge in [0.05, 0.1) is 0 Å². The number of carboxylic acids is 1. The predicted octanol–water partition coefficient (Wildman–Crippen LogP) is -1.94. The molecule has 0 spiro atoms. The van der Waals surface area contributed by atoms with E-state index in [-0.39, 0.29) is 11.3 Å². The van der Waals surface area contributed by atoms with E-state index in [9.17, 15) is 24.9 Å². The van der Waals surface area contributed by atoms with E-state index in [1.807, 2.05) is 0 Å². The number of carbonyl (C=O) groups excluding carboxylic acids is 1. The molecule has 0 radical (unpaired) electrons. The zero-order valence-corrected chi connectivity index (χ0v) is 11.2. The fraction of sp³-hybridized carbons (Fsp3) is 0.385. The SMILES string of the molecule is NC(=O)c1ccc(OC2OC(C(=O)O)C(O)C(O)C2O)cc1. The van der Waals surface area contributed by atoms with Gasteiger partial charge in [0.1, 0.15) is 24.1 Å². The van der Waals surface area contributed by atoms with Crippen LogP contribution in [0, 0.1) is 0 Å². The minimum absolute atomic E-state index is 0.154. The maximum atomic E-state index is 10.9. The third-order valence-corrected chi connectivity index (χ3v) is 3.20. The standard InChI is InChI=1S/C13H15NO8/c14-11(18)5-1-3-6(4-2-5)21-13-9(17)7(15)8(16)10(22-13)12(19)20/h1-4,7-10,13,15-17H,(H2,14,18)(H,19,20). The summed E-state index contributed by atoms with van der Waals surface area (Å²) in [6, 6.07) is 5.46. The number of aliphatic hydroxyl groups is 3. The van der Waals surface area contributed by atoms with E-state index in [2.05, 4.69) is 0 Å². The van der Waals surface area contributed by atoms with Crippen LogP contribution < -0.4 is 10.5 Å². The Labute approximate surface area is 124 Å². The number of benzene rings is 1. The van der Waals surface area contributed by atoms with Gasteiger partial charge in [0.2, 0.25) is 12.2 Å². The van der Waals surface area contributed by atoms with Gasteiger partial charge >= 0.3 is 5.97 Å². The number of carbonyl (C=O) groups is 2. The van der Waals surface area contributed by atoms with Crippen LogP contribution in [0.25, 0.3) is 0 Å². The number of hydrogen-bond donors (Lipinski definition) is 5. The van der Waals surface area contributed by atoms with Gasteiger partial charge in [0.15, 0.2) is 6.10 Å². The zero-order valence-electron chi connectivity index (χ0n) is 11.2. The smallest absolute Gasteiger partial charge is 0.335 e. The number of aliphatic hydroxyl groups excluding tert-OH is 3. The first-order valence-electron chi connectivity index (χ1n) is 6.30. The van der Waals surface area contributed by atoms with Crippen LogP contribution in [0.4, 0.5) is 0 Å². The van der Waals surface area contributed by atoms with Crippen molar-refractivity contribution in [3.8, 4) is 5.75 Å². The molecule has 0 bridgehead atoms. The molecule has 9 heteroatoms. The number of nitrogens with two attached hydrogens (primary N) is 1. The van der Waals surface area contributed by atoms with E-state index in [0.29, 0.717) is 0 Å². The molecule has 22 heavy (non-hydrogen) atoms. The quantitative estimate of drug-likeness (QED) is 0.429. The molecule has 5 unspecified atom stereocenters. The first-order valence-corrected chi connectivity index (χ1v) is 6.30. The van der Waals surface area contributed by atoms with E-state index in [1.54, 1.807) is 0 Å². The van der Waals surface area contributed by atoms with Crippen molar-refractivity contribution in [1.29, 1.82) is 0 Å². The molecule has 120 valence electrons. The molecule has 0 aromatic heterocycles. The summed E-state index contributed by atoms with van der Waals surface area (Å²) in [6.45, 7) is 0. The Kier molecular flexibility index (Phi) is 4.62. The van der Waals surface area contributed by atoms with Crippen LogP contribution in [0.15, 0.2) is 24.3 Å². The van der Waals surface area contributed by atoms with Gasteiger partial charge in [-0.1, -0.05) is 0 Å². The van der Waals surface area contributed by atoms with Crippen molar-refractivity contribution in [3.63, 3.8) is 0 Å². The molecule has 1 saturated heterocycles. The van der Waals surface area contributed by atoms with Gasteiger partial charge in [-0.05, 0) is 24.3 Å². The first-order chi connectivity index (χ1) is 10.3. The Morgan fingerprint density at radius 3 is 2.14 bits per heavy atom. The minimum Gasteiger partial charge on any atom is -0.479 e. The second-order valence-corrected chi connectivity index (χ2v) is 4.74. The van der Waals surface area contributed by atoms with Crippen molar-refractivity contribution in [2.75, 3.05) is 0 Å². The molecule has 1 aliphatic heterocycles. The lowest BCUT2D eigenvalue weighted by Crippen LogP contribution is -2.61. The van der Waals surface area contributed by atoms with Crippen molar-refractivity contribution >= 4 is 11.9 Å². The van der Waals surface area contributed by atoms with E-state index in [0.717, 1.165) is 0 Å². The minimum atomic E-state index is -1.79. The summed E-state index contributed by atoms with van der Waals surface area (Å²) in [5, 5.41) is 37.9. The third kappa shape index (κ3) is 3.17. The highest BCUT2D eigenvalue weighted by Crippen LogP contribution is 2.24. The number of hydrogen-bond acceptors (Lipinski definition) is 7. The Morgan fingerprint density at radius 1 is 1.05 bits per heavy atom. The van der Waals surface area contributed by atoms with Crippen LogP contribution in [0.3, 0.4) is 0 Å². The van der Waals surface area contributed by atoms with Gasteiger partial charge in [-0.2, -0.15) is 0 Å². The lowest BCUT2D eigenvalue weighted by Gasteiger charge is -2.38. The molecule has 1 aliphatic rings. The summed E-state index contributed by atoms with van der Waals surface area (Å²) in [4.78, 5) is 21.9. The van der Waals surface area contributed by atoms with Crippen molar-refractivity contribution in [3.05, 3.63) is 29.8 Å². The summed E-state index contributed by atoms with van der Waals surface area (Å²) in [5.41, 5.74) is 5.32. The molecule has 0 saturated carbocycles. The third-order valence-electron chi connectivity index (χ3n) is 3.20. The van der Waals surface area contributed by atoms with Gasteiger partial charge in [0.25, 0.3) is 0 Å². The largest absolute Gasteiger partial charge is 0.479 e. The van der Waals surface area contributed by atoms with Gasteiger partial charge in [-0.15, -0.1) is 0 Å². The van der Waals surface area contributed by atoms with Crippen molar-refractivity contribution < 1.29 is 39.5 Å². The van der Waals surface area contributed by atoms with Crippen LogP contribution in [0.2, 0.25) is 0 Å². The fourth-order valence-corrected chi connectivity index (χ4v) is 1.98. The highest BCUT2D eigenvalue weighted by molar-refractivity contribution is 5.92. The summed E-state index contributed by atoms with van der Waals surface area (Å²) in [6.07, 6.45) is -8.43. The lowest BCUT2D eigenvalue weighted by atomic mass is 9.99. The molecule has 1 fully saturated rings. The van der Waals surface area contributed by atoms with Gasteiger partial charge in [0, 0.05) is 5.56 Å². The van der Waals surface area contributed by atoms with Gasteiger partial charge in [-0.25, -0.2) is 4.79 Å². The van der Waals surface area contributed by atoms with Crippen LogP contribution in [0.1, 0.15) is 10.4 Å². The molecule has 1 heterocycles. The molecule has 6 N–H and O–H groups in total. The van der Waals surface area contributed by atoms with E-state index >= 15 is 0 Å². The van der Waals surface area contributed by atoms with E-state index in [4.69, 9.17) is 20.3 Å². The predicted molar refractivity (Wildman–Crippen MR) is 69.9 cm³/mol. The van der Waals surface area contributed by atoms with Crippen molar-refractivity contribution in [2.24, 2.45) is 5.73 Å². The maximum Gasteiger partial charge on any atom is 0.335 e. The summed E-state index contributed by atoms with van der Waals surface area (Å²) in [5.74, 6) is -1.98. The molecule has 2 rings (SSSR count). The Balaban J connectivity index is 2.13. The Morgan fingerprint density at radius 2 is 1.64 bits per heavy atom. The van der Waals surface area contributed by atoms with E-state index < -0.39 is 42.6 Å². The highest BCUT2D eigenvalue weighted by atomic mass is 16.7. The monoisotopic (exact) mass is 313 g/mol. The molecular formula is C13H15NO8. The fourth-order valence-electron chi connectivity index (χ4n) is 1.98. The Hall–Kier alpha value is -2.20. The second-order valence-electron chi connectivity index (χ2n) is 4.74. The molecule has 1 aromatic rings. The van der Waals surface area contributed by atoms with Gasteiger partial charge < -0.3 is 35.6 Å². The highest BCUT2D eigenvalue weighted by Gasteiger charge is 2.48. The van der Waals surface area contributed by atoms with Crippen LogP contribution in [0.5, 0.6) is 5.75 Å². The number of rotatable bonds is 4. The van der Waals surface area contributed by atoms with Gasteiger partial charge in [-0.3, -0.25) is 4.79 Å². The maximum absolute atomic E-state index is 10.9. The molecular weight excluding hydrogens is 298 g/mol. The molecule has 0 aliphatic carbocycles. The van der Waals surface area contributed by atoms with Crippen molar-refractivity contribution in [1.82, 2.24) is 0 Å². The average Bonchev–Trinajstić information content (AvgIpc) is 2.48. The summed E-state index contributed by atoms with van der Waals surface area (Å²) >= 11 is 0. The first kappa shape index (κ1) is 16.2. The number of amides is 1. The molecule has 9 nitrogen and oxygen atoms in total. The molecule has 1 aromatic carbocycles. The zero-order chi connectivity index (χ0) is 16.4.